The van der Waals surface area contributed by atoms with Crippen molar-refractivity contribution in [2.24, 2.45) is 16.7 Å². The molecule has 1 heterocycles. The molecule has 1 saturated carbocycles. The van der Waals surface area contributed by atoms with E-state index >= 15 is 0 Å². The van der Waals surface area contributed by atoms with Crippen LogP contribution >= 0.6 is 0 Å². The molecule has 1 atom stereocenters. The maximum atomic E-state index is 9.45. The van der Waals surface area contributed by atoms with E-state index < -0.39 is 0 Å². The van der Waals surface area contributed by atoms with Gasteiger partial charge in [0.05, 0.1) is 6.04 Å². The first-order valence-electron chi connectivity index (χ1n) is 7.03. The summed E-state index contributed by atoms with van der Waals surface area (Å²) in [6.45, 7) is 11.1. The Morgan fingerprint density at radius 2 is 1.95 bits per heavy atom. The van der Waals surface area contributed by atoms with Crippen LogP contribution in [-0.4, -0.2) is 18.3 Å². The molecule has 1 fully saturated rings. The van der Waals surface area contributed by atoms with E-state index in [0.717, 1.165) is 17.9 Å². The van der Waals surface area contributed by atoms with Gasteiger partial charge in [-0.3, -0.25) is 0 Å². The zero-order chi connectivity index (χ0) is 13.8. The van der Waals surface area contributed by atoms with Gasteiger partial charge in [0.1, 0.15) is 18.1 Å². The summed E-state index contributed by atoms with van der Waals surface area (Å²) < 4.78 is 5.63. The summed E-state index contributed by atoms with van der Waals surface area (Å²) in [6, 6.07) is 5.64. The zero-order valence-electron chi connectivity index (χ0n) is 12.2. The van der Waals surface area contributed by atoms with E-state index in [0.29, 0.717) is 23.4 Å². The van der Waals surface area contributed by atoms with E-state index in [2.05, 4.69) is 33.0 Å². The van der Waals surface area contributed by atoms with Crippen LogP contribution in [0.25, 0.3) is 0 Å². The molecule has 1 aliphatic carbocycles. The summed E-state index contributed by atoms with van der Waals surface area (Å²) in [5.41, 5.74) is 1.99. The van der Waals surface area contributed by atoms with Crippen LogP contribution in [0.5, 0.6) is 11.5 Å². The van der Waals surface area contributed by atoms with Crippen molar-refractivity contribution in [2.45, 2.75) is 33.7 Å². The van der Waals surface area contributed by atoms with Crippen molar-refractivity contribution in [3.8, 4) is 11.5 Å². The fourth-order valence-electron chi connectivity index (χ4n) is 3.47. The minimum Gasteiger partial charge on any atom is -0.508 e. The molecule has 1 aromatic rings. The maximum absolute atomic E-state index is 9.45. The minimum atomic E-state index is 0.253. The number of hydrogen-bond acceptors (Lipinski definition) is 3. The Morgan fingerprint density at radius 3 is 2.58 bits per heavy atom. The lowest BCUT2D eigenvalue weighted by atomic mass is 10.0. The van der Waals surface area contributed by atoms with Crippen molar-refractivity contribution in [1.82, 2.24) is 5.32 Å². The zero-order valence-corrected chi connectivity index (χ0v) is 12.2. The molecule has 3 heteroatoms. The molecule has 0 amide bonds. The Hall–Kier alpha value is -1.22. The molecular formula is C16H23NO2. The van der Waals surface area contributed by atoms with Crippen LogP contribution in [0.3, 0.4) is 0 Å². The van der Waals surface area contributed by atoms with Crippen LogP contribution < -0.4 is 10.1 Å². The molecule has 1 unspecified atom stereocenters. The lowest BCUT2D eigenvalue weighted by Gasteiger charge is -2.12. The SMILES string of the molecule is CC1(C)C(CNC2COc3cc(O)ccc32)C1(C)C. The number of benzene rings is 1. The van der Waals surface area contributed by atoms with Crippen molar-refractivity contribution in [1.29, 1.82) is 0 Å². The predicted octanol–water partition coefficient (Wildman–Crippen LogP) is 3.10. The topological polar surface area (TPSA) is 41.5 Å². The van der Waals surface area contributed by atoms with Crippen LogP contribution in [0.1, 0.15) is 39.3 Å². The molecule has 0 aromatic heterocycles. The summed E-state index contributed by atoms with van der Waals surface area (Å²) in [4.78, 5) is 0. The highest BCUT2D eigenvalue weighted by Crippen LogP contribution is 2.68. The molecule has 19 heavy (non-hydrogen) atoms. The maximum Gasteiger partial charge on any atom is 0.127 e. The number of aromatic hydroxyl groups is 1. The highest BCUT2D eigenvalue weighted by atomic mass is 16.5. The van der Waals surface area contributed by atoms with E-state index in [1.807, 2.05) is 6.07 Å². The fourth-order valence-corrected chi connectivity index (χ4v) is 3.47. The highest BCUT2D eigenvalue weighted by molar-refractivity contribution is 5.44. The summed E-state index contributed by atoms with van der Waals surface area (Å²) >= 11 is 0. The van der Waals surface area contributed by atoms with Gasteiger partial charge in [0.15, 0.2) is 0 Å². The summed E-state index contributed by atoms with van der Waals surface area (Å²) in [7, 11) is 0. The average molecular weight is 261 g/mol. The molecule has 3 rings (SSSR count). The van der Waals surface area contributed by atoms with Gasteiger partial charge in [-0.05, 0) is 35.4 Å². The average Bonchev–Trinajstić information content (AvgIpc) is 2.64. The Kier molecular flexibility index (Phi) is 2.62. The number of ether oxygens (including phenoxy) is 1. The van der Waals surface area contributed by atoms with Gasteiger partial charge in [-0.2, -0.15) is 0 Å². The molecule has 104 valence electrons. The number of fused-ring (bicyclic) bond motifs is 1. The Labute approximate surface area is 115 Å². The van der Waals surface area contributed by atoms with Crippen LogP contribution in [-0.2, 0) is 0 Å². The second-order valence-electron chi connectivity index (χ2n) is 6.99. The van der Waals surface area contributed by atoms with Gasteiger partial charge in [0, 0.05) is 11.6 Å². The fraction of sp³-hybridized carbons (Fsp3) is 0.625. The third-order valence-corrected chi connectivity index (χ3v) is 5.67. The monoisotopic (exact) mass is 261 g/mol. The van der Waals surface area contributed by atoms with Gasteiger partial charge < -0.3 is 15.2 Å². The smallest absolute Gasteiger partial charge is 0.127 e. The van der Waals surface area contributed by atoms with Gasteiger partial charge in [0.25, 0.3) is 0 Å². The molecule has 2 N–H and O–H groups in total. The quantitative estimate of drug-likeness (QED) is 0.878. The Balaban J connectivity index is 1.65. The second-order valence-corrected chi connectivity index (χ2v) is 6.99. The largest absolute Gasteiger partial charge is 0.508 e. The number of rotatable bonds is 3. The number of nitrogens with one attached hydrogen (secondary N) is 1. The second kappa shape index (κ2) is 3.89. The van der Waals surface area contributed by atoms with Gasteiger partial charge in [-0.15, -0.1) is 0 Å². The van der Waals surface area contributed by atoms with E-state index in [1.165, 1.54) is 0 Å². The lowest BCUT2D eigenvalue weighted by Crippen LogP contribution is -2.26. The highest BCUT2D eigenvalue weighted by Gasteiger charge is 2.64. The normalized spacial score (nSPS) is 26.8. The van der Waals surface area contributed by atoms with Gasteiger partial charge in [-0.25, -0.2) is 0 Å². The van der Waals surface area contributed by atoms with E-state index in [-0.39, 0.29) is 11.8 Å². The number of phenols is 1. The third-order valence-electron chi connectivity index (χ3n) is 5.67. The third kappa shape index (κ3) is 1.83. The molecule has 0 bridgehead atoms. The summed E-state index contributed by atoms with van der Waals surface area (Å²) in [5, 5.41) is 13.1. The molecule has 1 aromatic carbocycles. The van der Waals surface area contributed by atoms with Crippen LogP contribution in [0.2, 0.25) is 0 Å². The van der Waals surface area contributed by atoms with Crippen LogP contribution in [0, 0.1) is 16.7 Å². The lowest BCUT2D eigenvalue weighted by molar-refractivity contribution is 0.305. The van der Waals surface area contributed by atoms with Crippen molar-refractivity contribution >= 4 is 0 Å². The molecule has 2 aliphatic rings. The molecule has 0 radical (unpaired) electrons. The van der Waals surface area contributed by atoms with Gasteiger partial charge in [-0.1, -0.05) is 27.7 Å². The molecule has 0 saturated heterocycles. The molecular weight excluding hydrogens is 238 g/mol. The summed E-state index contributed by atoms with van der Waals surface area (Å²) in [6.07, 6.45) is 0. The van der Waals surface area contributed by atoms with Crippen LogP contribution in [0.15, 0.2) is 18.2 Å². The first-order valence-corrected chi connectivity index (χ1v) is 7.03. The summed E-state index contributed by atoms with van der Waals surface area (Å²) in [5.74, 6) is 1.79. The van der Waals surface area contributed by atoms with Crippen molar-refractivity contribution in [3.63, 3.8) is 0 Å². The predicted molar refractivity (Wildman–Crippen MR) is 75.4 cm³/mol. The van der Waals surface area contributed by atoms with Gasteiger partial charge >= 0.3 is 0 Å². The standard InChI is InChI=1S/C16H23NO2/c1-15(2)14(16(15,3)4)8-17-12-9-19-13-7-10(18)5-6-11(12)13/h5-7,12,14,17-18H,8-9H2,1-4H3. The van der Waals surface area contributed by atoms with Crippen molar-refractivity contribution in [2.75, 3.05) is 13.2 Å². The van der Waals surface area contributed by atoms with Gasteiger partial charge in [0.2, 0.25) is 0 Å². The number of hydrogen-bond donors (Lipinski definition) is 2. The first kappa shape index (κ1) is 12.8. The molecule has 1 aliphatic heterocycles. The Bertz CT molecular complexity index is 493. The Morgan fingerprint density at radius 1 is 1.26 bits per heavy atom. The van der Waals surface area contributed by atoms with E-state index in [9.17, 15) is 5.11 Å². The van der Waals surface area contributed by atoms with E-state index in [1.54, 1.807) is 12.1 Å². The minimum absolute atomic E-state index is 0.253. The van der Waals surface area contributed by atoms with Crippen LogP contribution in [0.4, 0.5) is 0 Å². The van der Waals surface area contributed by atoms with Crippen molar-refractivity contribution < 1.29 is 9.84 Å². The van der Waals surface area contributed by atoms with Crippen molar-refractivity contribution in [3.05, 3.63) is 23.8 Å². The van der Waals surface area contributed by atoms with E-state index in [4.69, 9.17) is 4.74 Å². The molecule has 3 nitrogen and oxygen atoms in total. The molecule has 0 spiro atoms. The number of phenolic OH excluding ortho intramolecular Hbond substituents is 1. The first-order chi connectivity index (χ1) is 8.84.